The molecule has 94 valence electrons. The van der Waals surface area contributed by atoms with Crippen molar-refractivity contribution in [2.45, 2.75) is 13.3 Å². The zero-order chi connectivity index (χ0) is 13.1. The molecule has 7 heteroatoms. The van der Waals surface area contributed by atoms with Crippen molar-refractivity contribution in [1.29, 1.82) is 0 Å². The molecule has 0 saturated heterocycles. The van der Waals surface area contributed by atoms with Crippen LogP contribution in [-0.4, -0.2) is 27.2 Å². The van der Waals surface area contributed by atoms with E-state index in [0.717, 1.165) is 5.82 Å². The van der Waals surface area contributed by atoms with E-state index in [1.807, 2.05) is 6.92 Å². The predicted octanol–water partition coefficient (Wildman–Crippen LogP) is 1.95. The van der Waals surface area contributed by atoms with Crippen molar-refractivity contribution >= 4 is 5.69 Å². The van der Waals surface area contributed by atoms with E-state index < -0.39 is 4.92 Å². The zero-order valence-electron chi connectivity index (χ0n) is 10.0. The monoisotopic (exact) mass is 248 g/mol. The Balaban J connectivity index is 2.52. The normalized spacial score (nSPS) is 10.3. The summed E-state index contributed by atoms with van der Waals surface area (Å²) < 4.78 is 5.16. The summed E-state index contributed by atoms with van der Waals surface area (Å²) in [5.74, 6) is 1.62. The third-order valence-corrected chi connectivity index (χ3v) is 2.50. The highest BCUT2D eigenvalue weighted by molar-refractivity contribution is 5.67. The van der Waals surface area contributed by atoms with E-state index in [4.69, 9.17) is 4.74 Å². The standard InChI is InChI=1S/C11H12N4O3/c1-3-10-12-11(14-13-10)8-6-7(15(16)17)4-5-9(8)18-2/h4-6H,3H2,1-2H3,(H,12,13,14). The maximum absolute atomic E-state index is 10.8. The highest BCUT2D eigenvalue weighted by atomic mass is 16.6. The van der Waals surface area contributed by atoms with Crippen LogP contribution in [0.4, 0.5) is 5.69 Å². The number of benzene rings is 1. The summed E-state index contributed by atoms with van der Waals surface area (Å²) in [6.45, 7) is 1.94. The van der Waals surface area contributed by atoms with Crippen LogP contribution in [0.2, 0.25) is 0 Å². The lowest BCUT2D eigenvalue weighted by atomic mass is 10.1. The second kappa shape index (κ2) is 4.82. The number of non-ortho nitro benzene ring substituents is 1. The van der Waals surface area contributed by atoms with Crippen molar-refractivity contribution < 1.29 is 9.66 Å². The van der Waals surface area contributed by atoms with Gasteiger partial charge in [-0.15, -0.1) is 0 Å². The topological polar surface area (TPSA) is 93.9 Å². The van der Waals surface area contributed by atoms with Crippen LogP contribution >= 0.6 is 0 Å². The number of ether oxygens (including phenoxy) is 1. The molecule has 0 radical (unpaired) electrons. The van der Waals surface area contributed by atoms with Gasteiger partial charge in [0, 0.05) is 18.6 Å². The molecule has 18 heavy (non-hydrogen) atoms. The largest absolute Gasteiger partial charge is 0.496 e. The highest BCUT2D eigenvalue weighted by Crippen LogP contribution is 2.31. The molecule has 1 aromatic heterocycles. The van der Waals surface area contributed by atoms with Gasteiger partial charge in [0.2, 0.25) is 0 Å². The number of aryl methyl sites for hydroxylation is 1. The van der Waals surface area contributed by atoms with Crippen LogP contribution in [-0.2, 0) is 6.42 Å². The van der Waals surface area contributed by atoms with Gasteiger partial charge in [-0.05, 0) is 6.07 Å². The van der Waals surface area contributed by atoms with Gasteiger partial charge < -0.3 is 4.74 Å². The molecular formula is C11H12N4O3. The lowest BCUT2D eigenvalue weighted by Crippen LogP contribution is -1.93. The van der Waals surface area contributed by atoms with E-state index >= 15 is 0 Å². The Morgan fingerprint density at radius 1 is 1.50 bits per heavy atom. The van der Waals surface area contributed by atoms with E-state index in [0.29, 0.717) is 23.6 Å². The first-order valence-electron chi connectivity index (χ1n) is 5.39. The molecule has 7 nitrogen and oxygen atoms in total. The molecule has 1 heterocycles. The number of aromatic nitrogens is 3. The van der Waals surface area contributed by atoms with E-state index in [1.54, 1.807) is 0 Å². The molecule has 0 spiro atoms. The van der Waals surface area contributed by atoms with Crippen LogP contribution in [0, 0.1) is 10.1 Å². The lowest BCUT2D eigenvalue weighted by Gasteiger charge is -2.04. The number of aromatic amines is 1. The van der Waals surface area contributed by atoms with Gasteiger partial charge >= 0.3 is 0 Å². The summed E-state index contributed by atoms with van der Waals surface area (Å²) in [5, 5.41) is 17.6. The number of hydrogen-bond acceptors (Lipinski definition) is 5. The van der Waals surface area contributed by atoms with Gasteiger partial charge in [-0.3, -0.25) is 15.2 Å². The second-order valence-electron chi connectivity index (χ2n) is 3.60. The first-order chi connectivity index (χ1) is 8.65. The fourth-order valence-corrected chi connectivity index (χ4v) is 1.56. The second-order valence-corrected chi connectivity index (χ2v) is 3.60. The number of nitro groups is 1. The fraction of sp³-hybridized carbons (Fsp3) is 0.273. The molecule has 0 fully saturated rings. The van der Waals surface area contributed by atoms with Gasteiger partial charge in [0.05, 0.1) is 17.6 Å². The highest BCUT2D eigenvalue weighted by Gasteiger charge is 2.16. The third kappa shape index (κ3) is 2.15. The molecule has 2 rings (SSSR count). The lowest BCUT2D eigenvalue weighted by molar-refractivity contribution is -0.384. The fourth-order valence-electron chi connectivity index (χ4n) is 1.56. The smallest absolute Gasteiger partial charge is 0.270 e. The van der Waals surface area contributed by atoms with Crippen molar-refractivity contribution in [3.8, 4) is 17.1 Å². The number of hydrogen-bond donors (Lipinski definition) is 1. The minimum Gasteiger partial charge on any atom is -0.496 e. The van der Waals surface area contributed by atoms with E-state index in [-0.39, 0.29) is 5.69 Å². The summed E-state index contributed by atoms with van der Waals surface area (Å²) in [6, 6.07) is 4.33. The minimum atomic E-state index is -0.462. The van der Waals surface area contributed by atoms with Crippen molar-refractivity contribution in [3.63, 3.8) is 0 Å². The molecule has 0 aliphatic carbocycles. The zero-order valence-corrected chi connectivity index (χ0v) is 10.0. The molecule has 0 bridgehead atoms. The molecule has 2 aromatic rings. The third-order valence-electron chi connectivity index (χ3n) is 2.50. The van der Waals surface area contributed by atoms with Gasteiger partial charge in [-0.1, -0.05) is 6.92 Å². The molecule has 1 N–H and O–H groups in total. The number of rotatable bonds is 4. The molecule has 0 amide bonds. The van der Waals surface area contributed by atoms with Crippen LogP contribution < -0.4 is 4.74 Å². The molecule has 1 aromatic carbocycles. The maximum atomic E-state index is 10.8. The minimum absolute atomic E-state index is 0.0198. The summed E-state index contributed by atoms with van der Waals surface area (Å²) in [7, 11) is 1.50. The van der Waals surface area contributed by atoms with Crippen LogP contribution in [0.1, 0.15) is 12.7 Å². The van der Waals surface area contributed by atoms with Gasteiger partial charge in [0.15, 0.2) is 5.82 Å². The van der Waals surface area contributed by atoms with Crippen molar-refractivity contribution in [2.24, 2.45) is 0 Å². The number of nitrogens with one attached hydrogen (secondary N) is 1. The Bertz CT molecular complexity index is 579. The van der Waals surface area contributed by atoms with Gasteiger partial charge in [-0.2, -0.15) is 5.10 Å². The van der Waals surface area contributed by atoms with Crippen molar-refractivity contribution in [2.75, 3.05) is 7.11 Å². The van der Waals surface area contributed by atoms with E-state index in [2.05, 4.69) is 15.2 Å². The van der Waals surface area contributed by atoms with Crippen molar-refractivity contribution in [3.05, 3.63) is 34.1 Å². The molecule has 0 unspecified atom stereocenters. The van der Waals surface area contributed by atoms with E-state index in [9.17, 15) is 10.1 Å². The Kier molecular flexibility index (Phi) is 3.22. The Morgan fingerprint density at radius 2 is 2.28 bits per heavy atom. The van der Waals surface area contributed by atoms with Crippen molar-refractivity contribution in [1.82, 2.24) is 15.2 Å². The molecule has 0 aliphatic heterocycles. The average molecular weight is 248 g/mol. The van der Waals surface area contributed by atoms with Gasteiger partial charge in [-0.25, -0.2) is 4.98 Å². The molecule has 0 saturated carbocycles. The Hall–Kier alpha value is -2.44. The number of nitro benzene ring substituents is 1. The van der Waals surface area contributed by atoms with Crippen LogP contribution in [0.25, 0.3) is 11.4 Å². The predicted molar refractivity (Wildman–Crippen MR) is 64.4 cm³/mol. The SMILES string of the molecule is CCc1nc(-c2cc([N+](=O)[O-])ccc2OC)n[nH]1. The van der Waals surface area contributed by atoms with Gasteiger partial charge in [0.25, 0.3) is 5.69 Å². The maximum Gasteiger partial charge on any atom is 0.270 e. The van der Waals surface area contributed by atoms with Crippen LogP contribution in [0.5, 0.6) is 5.75 Å². The van der Waals surface area contributed by atoms with Crippen LogP contribution in [0.3, 0.4) is 0 Å². The van der Waals surface area contributed by atoms with Crippen LogP contribution in [0.15, 0.2) is 18.2 Å². The average Bonchev–Trinajstić information content (AvgIpc) is 2.86. The number of H-pyrrole nitrogens is 1. The van der Waals surface area contributed by atoms with E-state index in [1.165, 1.54) is 25.3 Å². The first-order valence-corrected chi connectivity index (χ1v) is 5.39. The molecular weight excluding hydrogens is 236 g/mol. The number of methoxy groups -OCH3 is 1. The number of nitrogens with zero attached hydrogens (tertiary/aromatic N) is 3. The summed E-state index contributed by atoms with van der Waals surface area (Å²) in [4.78, 5) is 14.5. The Morgan fingerprint density at radius 3 is 2.83 bits per heavy atom. The molecule has 0 atom stereocenters. The summed E-state index contributed by atoms with van der Waals surface area (Å²) >= 11 is 0. The Labute approximate surface area is 103 Å². The first kappa shape index (κ1) is 12.0. The molecule has 0 aliphatic rings. The quantitative estimate of drug-likeness (QED) is 0.659. The summed E-state index contributed by atoms with van der Waals surface area (Å²) in [5.41, 5.74) is 0.483. The summed E-state index contributed by atoms with van der Waals surface area (Å²) in [6.07, 6.45) is 0.713. The van der Waals surface area contributed by atoms with Gasteiger partial charge in [0.1, 0.15) is 11.6 Å².